The Morgan fingerprint density at radius 2 is 1.81 bits per heavy atom. The third-order valence-corrected chi connectivity index (χ3v) is 3.86. The van der Waals surface area contributed by atoms with Crippen LogP contribution in [0.25, 0.3) is 0 Å². The van der Waals surface area contributed by atoms with Crippen LogP contribution in [0, 0.1) is 5.92 Å². The molecule has 126 valence electrons. The minimum atomic E-state index is 0. The topological polar surface area (TPSA) is 54.1 Å². The molecule has 0 aliphatic carbocycles. The summed E-state index contributed by atoms with van der Waals surface area (Å²) in [4.78, 5) is 9.24. The molecule has 5 nitrogen and oxygen atoms in total. The van der Waals surface area contributed by atoms with Crippen molar-refractivity contribution in [2.24, 2.45) is 16.6 Å². The normalized spacial score (nSPS) is 18.4. The molecule has 2 N–H and O–H groups in total. The first-order valence-corrected chi connectivity index (χ1v) is 7.95. The molecule has 1 saturated heterocycles. The summed E-state index contributed by atoms with van der Waals surface area (Å²) in [7, 11) is 0. The molecule has 0 aromatic heterocycles. The average Bonchev–Trinajstić information content (AvgIpc) is 2.45. The van der Waals surface area contributed by atoms with Crippen LogP contribution in [0.2, 0.25) is 0 Å². The third-order valence-electron chi connectivity index (χ3n) is 3.86. The van der Waals surface area contributed by atoms with Crippen LogP contribution >= 0.6 is 24.0 Å². The molecule has 1 aliphatic heterocycles. The summed E-state index contributed by atoms with van der Waals surface area (Å²) in [6, 6.07) is 0.480. The first kappa shape index (κ1) is 20.9. The van der Waals surface area contributed by atoms with Crippen molar-refractivity contribution < 1.29 is 4.74 Å². The zero-order chi connectivity index (χ0) is 15.0. The quantitative estimate of drug-likeness (QED) is 0.395. The van der Waals surface area contributed by atoms with Crippen molar-refractivity contribution in [2.45, 2.75) is 40.2 Å². The number of guanidine groups is 1. The summed E-state index contributed by atoms with van der Waals surface area (Å²) in [5.41, 5.74) is 6.08. The summed E-state index contributed by atoms with van der Waals surface area (Å²) in [5.74, 6) is 1.35. The Labute approximate surface area is 147 Å². The van der Waals surface area contributed by atoms with E-state index < -0.39 is 0 Å². The predicted molar refractivity (Wildman–Crippen MR) is 100 cm³/mol. The van der Waals surface area contributed by atoms with Crippen LogP contribution in [-0.4, -0.2) is 67.7 Å². The van der Waals surface area contributed by atoms with Crippen LogP contribution in [0.15, 0.2) is 4.99 Å². The highest BCUT2D eigenvalue weighted by molar-refractivity contribution is 14.0. The van der Waals surface area contributed by atoms with E-state index in [1.54, 1.807) is 0 Å². The zero-order valence-electron chi connectivity index (χ0n) is 14.0. The monoisotopic (exact) mass is 412 g/mol. The first-order chi connectivity index (χ1) is 9.58. The minimum Gasteiger partial charge on any atom is -0.379 e. The molecule has 1 heterocycles. The standard InChI is InChI=1S/C15H32N4O.HI/c1-5-18(6-2)15(16)17-12-14(11-13(3)4)19-7-9-20-10-8-19;/h13-14H,5-12H2,1-4H3,(H2,16,17);1H. The Kier molecular flexibility index (Phi) is 11.4. The van der Waals surface area contributed by atoms with Gasteiger partial charge in [0.15, 0.2) is 5.96 Å². The molecule has 21 heavy (non-hydrogen) atoms. The fourth-order valence-corrected chi connectivity index (χ4v) is 2.67. The van der Waals surface area contributed by atoms with Crippen LogP contribution in [0.3, 0.4) is 0 Å². The molecule has 1 aliphatic rings. The van der Waals surface area contributed by atoms with Gasteiger partial charge in [-0.05, 0) is 26.2 Å². The molecule has 1 atom stereocenters. The molecule has 0 radical (unpaired) electrons. The molecule has 1 rings (SSSR count). The summed E-state index contributed by atoms with van der Waals surface area (Å²) < 4.78 is 5.44. The van der Waals surface area contributed by atoms with Crippen LogP contribution in [0.4, 0.5) is 0 Å². The van der Waals surface area contributed by atoms with E-state index in [0.717, 1.165) is 52.4 Å². The highest BCUT2D eigenvalue weighted by Crippen LogP contribution is 2.14. The second-order valence-electron chi connectivity index (χ2n) is 5.80. The number of morpholine rings is 1. The van der Waals surface area contributed by atoms with E-state index in [2.05, 4.69) is 42.5 Å². The van der Waals surface area contributed by atoms with Crippen LogP contribution in [0.5, 0.6) is 0 Å². The fourth-order valence-electron chi connectivity index (χ4n) is 2.67. The summed E-state index contributed by atoms with van der Waals surface area (Å²) >= 11 is 0. The highest BCUT2D eigenvalue weighted by atomic mass is 127. The second-order valence-corrected chi connectivity index (χ2v) is 5.80. The minimum absolute atomic E-state index is 0. The molecule has 0 amide bonds. The second kappa shape index (κ2) is 11.5. The van der Waals surface area contributed by atoms with Gasteiger partial charge in [-0.1, -0.05) is 13.8 Å². The lowest BCUT2D eigenvalue weighted by Crippen LogP contribution is -2.46. The number of nitrogens with two attached hydrogens (primary N) is 1. The molecular weight excluding hydrogens is 379 g/mol. The molecule has 0 aromatic rings. The molecule has 0 bridgehead atoms. The Morgan fingerprint density at radius 3 is 2.29 bits per heavy atom. The van der Waals surface area contributed by atoms with Crippen LogP contribution < -0.4 is 5.73 Å². The summed E-state index contributed by atoms with van der Waals surface area (Å²) in [5, 5.41) is 0. The highest BCUT2D eigenvalue weighted by Gasteiger charge is 2.21. The Balaban J connectivity index is 0.00000400. The number of ether oxygens (including phenoxy) is 1. The van der Waals surface area contributed by atoms with Gasteiger partial charge in [-0.3, -0.25) is 9.89 Å². The van der Waals surface area contributed by atoms with E-state index >= 15 is 0 Å². The maximum Gasteiger partial charge on any atom is 0.191 e. The van der Waals surface area contributed by atoms with E-state index in [4.69, 9.17) is 10.5 Å². The van der Waals surface area contributed by atoms with Crippen molar-refractivity contribution >= 4 is 29.9 Å². The van der Waals surface area contributed by atoms with Gasteiger partial charge in [0, 0.05) is 32.2 Å². The van der Waals surface area contributed by atoms with Crippen molar-refractivity contribution in [2.75, 3.05) is 45.9 Å². The lowest BCUT2D eigenvalue weighted by molar-refractivity contribution is 0.0142. The number of nitrogens with zero attached hydrogens (tertiary/aromatic N) is 3. The zero-order valence-corrected chi connectivity index (χ0v) is 16.4. The van der Waals surface area contributed by atoms with E-state index in [1.807, 2.05) is 0 Å². The van der Waals surface area contributed by atoms with Crippen molar-refractivity contribution in [3.8, 4) is 0 Å². The van der Waals surface area contributed by atoms with Gasteiger partial charge in [0.25, 0.3) is 0 Å². The molecular formula is C15H33IN4O. The Hall–Kier alpha value is -0.0800. The van der Waals surface area contributed by atoms with Gasteiger partial charge in [-0.2, -0.15) is 0 Å². The number of halogens is 1. The summed E-state index contributed by atoms with van der Waals surface area (Å²) in [6.07, 6.45) is 1.16. The van der Waals surface area contributed by atoms with Gasteiger partial charge in [-0.15, -0.1) is 24.0 Å². The SMILES string of the molecule is CCN(CC)C(N)=NCC(CC(C)C)N1CCOCC1.I. The lowest BCUT2D eigenvalue weighted by Gasteiger charge is -2.34. The number of rotatable bonds is 7. The number of hydrogen-bond acceptors (Lipinski definition) is 3. The summed E-state index contributed by atoms with van der Waals surface area (Å²) in [6.45, 7) is 15.1. The molecule has 1 unspecified atom stereocenters. The number of aliphatic imine (C=N–C) groups is 1. The predicted octanol–water partition coefficient (Wildman–Crippen LogP) is 2.01. The van der Waals surface area contributed by atoms with Crippen molar-refractivity contribution in [1.82, 2.24) is 9.80 Å². The molecule has 0 aromatic carbocycles. The van der Waals surface area contributed by atoms with E-state index in [9.17, 15) is 0 Å². The van der Waals surface area contributed by atoms with E-state index in [1.165, 1.54) is 0 Å². The van der Waals surface area contributed by atoms with Gasteiger partial charge in [0.2, 0.25) is 0 Å². The first-order valence-electron chi connectivity index (χ1n) is 7.95. The Bertz CT molecular complexity index is 289. The number of hydrogen-bond donors (Lipinski definition) is 1. The molecule has 0 spiro atoms. The van der Waals surface area contributed by atoms with E-state index in [0.29, 0.717) is 17.9 Å². The van der Waals surface area contributed by atoms with E-state index in [-0.39, 0.29) is 24.0 Å². The van der Waals surface area contributed by atoms with Crippen molar-refractivity contribution in [1.29, 1.82) is 0 Å². The largest absolute Gasteiger partial charge is 0.379 e. The van der Waals surface area contributed by atoms with Gasteiger partial charge in [0.1, 0.15) is 0 Å². The molecule has 6 heteroatoms. The van der Waals surface area contributed by atoms with Crippen LogP contribution in [0.1, 0.15) is 34.1 Å². The van der Waals surface area contributed by atoms with Gasteiger partial charge in [-0.25, -0.2) is 0 Å². The maximum atomic E-state index is 6.08. The van der Waals surface area contributed by atoms with Crippen molar-refractivity contribution in [3.63, 3.8) is 0 Å². The van der Waals surface area contributed by atoms with Gasteiger partial charge >= 0.3 is 0 Å². The Morgan fingerprint density at radius 1 is 1.24 bits per heavy atom. The third kappa shape index (κ3) is 7.65. The van der Waals surface area contributed by atoms with Gasteiger partial charge in [0.05, 0.1) is 19.8 Å². The van der Waals surface area contributed by atoms with Crippen molar-refractivity contribution in [3.05, 3.63) is 0 Å². The van der Waals surface area contributed by atoms with Gasteiger partial charge < -0.3 is 15.4 Å². The average molecular weight is 412 g/mol. The van der Waals surface area contributed by atoms with Crippen LogP contribution in [-0.2, 0) is 4.74 Å². The molecule has 0 saturated carbocycles. The fraction of sp³-hybridized carbons (Fsp3) is 0.933. The lowest BCUT2D eigenvalue weighted by atomic mass is 10.0. The maximum absolute atomic E-state index is 6.08. The smallest absolute Gasteiger partial charge is 0.191 e. The molecule has 1 fully saturated rings.